The van der Waals surface area contributed by atoms with Gasteiger partial charge in [-0.2, -0.15) is 21.7 Å². The molecule has 94 valence electrons. The number of hydrogen-bond donors (Lipinski definition) is 1. The Hall–Kier alpha value is -1.17. The Morgan fingerprint density at radius 2 is 1.88 bits per heavy atom. The highest BCUT2D eigenvalue weighted by Crippen LogP contribution is 2.46. The molecule has 1 aliphatic rings. The average molecular weight is 255 g/mol. The van der Waals surface area contributed by atoms with E-state index in [1.54, 1.807) is 20.3 Å². The lowest BCUT2D eigenvalue weighted by atomic mass is 10.4. The summed E-state index contributed by atoms with van der Waals surface area (Å²) in [6.07, 6.45) is 4.65. The number of ether oxygens (including phenoxy) is 2. The highest BCUT2D eigenvalue weighted by atomic mass is 32.2. The molecule has 1 fully saturated rings. The highest BCUT2D eigenvalue weighted by molar-refractivity contribution is 8.00. The lowest BCUT2D eigenvalue weighted by molar-refractivity contribution is 0.373. The molecule has 1 N–H and O–H groups in total. The second-order valence-corrected chi connectivity index (χ2v) is 5.29. The van der Waals surface area contributed by atoms with E-state index >= 15 is 0 Å². The first-order chi connectivity index (χ1) is 8.21. The molecule has 0 unspecified atom stereocenters. The van der Waals surface area contributed by atoms with Crippen LogP contribution < -0.4 is 14.8 Å². The zero-order valence-electron chi connectivity index (χ0n) is 10.3. The lowest BCUT2D eigenvalue weighted by Crippen LogP contribution is -2.19. The van der Waals surface area contributed by atoms with Crippen LogP contribution in [0.25, 0.3) is 0 Å². The van der Waals surface area contributed by atoms with Gasteiger partial charge in [-0.25, -0.2) is 0 Å². The first kappa shape index (κ1) is 12.3. The van der Waals surface area contributed by atoms with Gasteiger partial charge in [0.2, 0.25) is 17.7 Å². The quantitative estimate of drug-likeness (QED) is 0.836. The summed E-state index contributed by atoms with van der Waals surface area (Å²) >= 11 is 1.90. The predicted molar refractivity (Wildman–Crippen MR) is 69.1 cm³/mol. The van der Waals surface area contributed by atoms with E-state index in [9.17, 15) is 0 Å². The fourth-order valence-electron chi connectivity index (χ4n) is 1.52. The molecule has 1 saturated carbocycles. The minimum Gasteiger partial charge on any atom is -0.481 e. The van der Waals surface area contributed by atoms with E-state index in [2.05, 4.69) is 21.5 Å². The number of thioether (sulfide) groups is 1. The predicted octanol–water partition coefficient (Wildman–Crippen LogP) is 1.80. The third-order valence-electron chi connectivity index (χ3n) is 2.91. The Balaban J connectivity index is 2.04. The number of aromatic nitrogens is 2. The van der Waals surface area contributed by atoms with Crippen molar-refractivity contribution in [3.63, 3.8) is 0 Å². The van der Waals surface area contributed by atoms with Crippen LogP contribution in [0.4, 0.5) is 5.95 Å². The second kappa shape index (κ2) is 5.00. The number of methoxy groups -OCH3 is 2. The Labute approximate surface area is 105 Å². The summed E-state index contributed by atoms with van der Waals surface area (Å²) in [4.78, 5) is 8.46. The third-order valence-corrected chi connectivity index (χ3v) is 4.33. The van der Waals surface area contributed by atoms with Crippen LogP contribution in [-0.2, 0) is 0 Å². The fourth-order valence-corrected chi connectivity index (χ4v) is 2.25. The molecule has 1 aromatic rings. The molecule has 0 atom stereocenters. The largest absolute Gasteiger partial charge is 0.481 e. The van der Waals surface area contributed by atoms with E-state index in [1.807, 2.05) is 11.8 Å². The van der Waals surface area contributed by atoms with Crippen molar-refractivity contribution in [3.8, 4) is 11.8 Å². The van der Waals surface area contributed by atoms with E-state index in [0.29, 0.717) is 22.5 Å². The molecule has 6 heteroatoms. The smallest absolute Gasteiger partial charge is 0.229 e. The number of rotatable bonds is 6. The van der Waals surface area contributed by atoms with Crippen molar-refractivity contribution >= 4 is 17.7 Å². The van der Waals surface area contributed by atoms with Crippen LogP contribution in [0.15, 0.2) is 6.07 Å². The van der Waals surface area contributed by atoms with Crippen LogP contribution in [0.3, 0.4) is 0 Å². The summed E-state index contributed by atoms with van der Waals surface area (Å²) in [7, 11) is 3.16. The Kier molecular flexibility index (Phi) is 3.61. The Morgan fingerprint density at radius 3 is 2.29 bits per heavy atom. The highest BCUT2D eigenvalue weighted by Gasteiger charge is 2.41. The van der Waals surface area contributed by atoms with Crippen molar-refractivity contribution < 1.29 is 9.47 Å². The summed E-state index contributed by atoms with van der Waals surface area (Å²) in [5, 5.41) is 3.24. The van der Waals surface area contributed by atoms with E-state index in [0.717, 1.165) is 6.54 Å². The molecule has 17 heavy (non-hydrogen) atoms. The summed E-state index contributed by atoms with van der Waals surface area (Å²) in [6.45, 7) is 0.879. The third kappa shape index (κ3) is 2.94. The number of nitrogens with one attached hydrogen (secondary N) is 1. The lowest BCUT2D eigenvalue weighted by Gasteiger charge is -2.13. The topological polar surface area (TPSA) is 56.3 Å². The second-order valence-electron chi connectivity index (χ2n) is 4.02. The molecule has 0 saturated heterocycles. The molecule has 0 spiro atoms. The van der Waals surface area contributed by atoms with Crippen LogP contribution in [0.1, 0.15) is 12.8 Å². The van der Waals surface area contributed by atoms with Gasteiger partial charge in [-0.05, 0) is 19.1 Å². The summed E-state index contributed by atoms with van der Waals surface area (Å²) < 4.78 is 10.6. The maximum atomic E-state index is 5.09. The molecular formula is C11H17N3O2S. The fraction of sp³-hybridized carbons (Fsp3) is 0.636. The number of nitrogens with zero attached hydrogens (tertiary/aromatic N) is 2. The van der Waals surface area contributed by atoms with Crippen molar-refractivity contribution in [1.29, 1.82) is 0 Å². The van der Waals surface area contributed by atoms with Gasteiger partial charge in [-0.1, -0.05) is 0 Å². The summed E-state index contributed by atoms with van der Waals surface area (Å²) in [5.41, 5.74) is 0. The Bertz CT molecular complexity index is 374. The van der Waals surface area contributed by atoms with Crippen molar-refractivity contribution in [1.82, 2.24) is 9.97 Å². The zero-order valence-corrected chi connectivity index (χ0v) is 11.1. The van der Waals surface area contributed by atoms with E-state index in [1.165, 1.54) is 12.8 Å². The molecule has 5 nitrogen and oxygen atoms in total. The zero-order chi connectivity index (χ0) is 12.3. The average Bonchev–Trinajstić information content (AvgIpc) is 3.16. The molecule has 0 aromatic carbocycles. The maximum absolute atomic E-state index is 5.09. The van der Waals surface area contributed by atoms with Gasteiger partial charge in [0.25, 0.3) is 0 Å². The van der Waals surface area contributed by atoms with Gasteiger partial charge < -0.3 is 14.8 Å². The van der Waals surface area contributed by atoms with Crippen LogP contribution in [-0.4, -0.2) is 41.7 Å². The molecule has 1 aromatic heterocycles. The van der Waals surface area contributed by atoms with Gasteiger partial charge in [-0.3, -0.25) is 0 Å². The first-order valence-electron chi connectivity index (χ1n) is 5.47. The summed E-state index contributed by atoms with van der Waals surface area (Å²) in [6, 6.07) is 1.66. The monoisotopic (exact) mass is 255 g/mol. The minimum atomic E-state index is 0.375. The van der Waals surface area contributed by atoms with Gasteiger partial charge in [-0.15, -0.1) is 0 Å². The van der Waals surface area contributed by atoms with Crippen LogP contribution in [0, 0.1) is 0 Å². The summed E-state index contributed by atoms with van der Waals surface area (Å²) in [5.74, 6) is 1.57. The van der Waals surface area contributed by atoms with Crippen LogP contribution in [0.2, 0.25) is 0 Å². The molecule has 0 aliphatic heterocycles. The van der Waals surface area contributed by atoms with Crippen molar-refractivity contribution in [2.24, 2.45) is 0 Å². The van der Waals surface area contributed by atoms with E-state index < -0.39 is 0 Å². The normalized spacial score (nSPS) is 16.4. The van der Waals surface area contributed by atoms with E-state index in [-0.39, 0.29) is 0 Å². The van der Waals surface area contributed by atoms with E-state index in [4.69, 9.17) is 9.47 Å². The van der Waals surface area contributed by atoms with Gasteiger partial charge >= 0.3 is 0 Å². The molecule has 0 amide bonds. The van der Waals surface area contributed by atoms with Crippen molar-refractivity contribution in [2.75, 3.05) is 32.3 Å². The minimum absolute atomic E-state index is 0.375. The molecule has 1 aliphatic carbocycles. The van der Waals surface area contributed by atoms with Crippen molar-refractivity contribution in [2.45, 2.75) is 17.6 Å². The molecular weight excluding hydrogens is 238 g/mol. The number of anilines is 1. The number of hydrogen-bond acceptors (Lipinski definition) is 6. The molecule has 2 rings (SSSR count). The van der Waals surface area contributed by atoms with Crippen LogP contribution in [0.5, 0.6) is 11.8 Å². The molecule has 0 radical (unpaired) electrons. The standard InChI is InChI=1S/C11H17N3O2S/c1-15-8-6-9(16-2)14-10(13-8)12-7-11(17-3)4-5-11/h6H,4-5,7H2,1-3H3,(H,12,13,14). The maximum Gasteiger partial charge on any atom is 0.229 e. The molecule has 0 bridgehead atoms. The first-order valence-corrected chi connectivity index (χ1v) is 6.70. The van der Waals surface area contributed by atoms with Gasteiger partial charge in [0.15, 0.2) is 0 Å². The Morgan fingerprint density at radius 1 is 1.29 bits per heavy atom. The van der Waals surface area contributed by atoms with Crippen LogP contribution >= 0.6 is 11.8 Å². The van der Waals surface area contributed by atoms with Crippen molar-refractivity contribution in [3.05, 3.63) is 6.07 Å². The molecule has 1 heterocycles. The SMILES string of the molecule is COc1cc(OC)nc(NCC2(SC)CC2)n1. The van der Waals surface area contributed by atoms with Gasteiger partial charge in [0, 0.05) is 11.3 Å². The van der Waals surface area contributed by atoms with Gasteiger partial charge in [0.05, 0.1) is 20.3 Å². The van der Waals surface area contributed by atoms with Gasteiger partial charge in [0.1, 0.15) is 0 Å².